The van der Waals surface area contributed by atoms with Crippen LogP contribution < -0.4 is 4.90 Å². The molecule has 0 saturated carbocycles. The lowest BCUT2D eigenvalue weighted by Gasteiger charge is -2.20. The molecule has 3 aromatic rings. The summed E-state index contributed by atoms with van der Waals surface area (Å²) in [6.45, 7) is 2.78. The average molecular weight is 348 g/mol. The number of aryl methyl sites for hydroxylation is 1. The van der Waals surface area contributed by atoms with E-state index in [2.05, 4.69) is 10.1 Å². The third-order valence-electron chi connectivity index (χ3n) is 3.45. The Balaban J connectivity index is 1.99. The van der Waals surface area contributed by atoms with Gasteiger partial charge < -0.3 is 9.42 Å². The smallest absolute Gasteiger partial charge is 0.282 e. The zero-order valence-electron chi connectivity index (χ0n) is 13.6. The lowest BCUT2D eigenvalue weighted by Crippen LogP contribution is -2.36. The first-order valence-electron chi connectivity index (χ1n) is 7.40. The summed E-state index contributed by atoms with van der Waals surface area (Å²) >= 11 is 1.28. The molecule has 24 heavy (non-hydrogen) atoms. The average Bonchev–Trinajstić information content (AvgIpc) is 3.14. The van der Waals surface area contributed by atoms with Crippen molar-refractivity contribution in [1.29, 1.82) is 0 Å². The summed E-state index contributed by atoms with van der Waals surface area (Å²) in [7, 11) is 3.84. The minimum Gasteiger partial charge on any atom is -0.361 e. The number of nitrogens with zero attached hydrogens (tertiary/aromatic N) is 4. The van der Waals surface area contributed by atoms with E-state index in [0.717, 1.165) is 0 Å². The number of anilines is 1. The number of amides is 1. The van der Waals surface area contributed by atoms with Gasteiger partial charge in [-0.3, -0.25) is 9.69 Å². The van der Waals surface area contributed by atoms with E-state index >= 15 is 0 Å². The van der Waals surface area contributed by atoms with Gasteiger partial charge in [0.15, 0.2) is 10.8 Å². The van der Waals surface area contributed by atoms with Gasteiger partial charge in [0.2, 0.25) is 0 Å². The van der Waals surface area contributed by atoms with E-state index in [1.165, 1.54) is 22.3 Å². The van der Waals surface area contributed by atoms with Gasteiger partial charge >= 0.3 is 0 Å². The van der Waals surface area contributed by atoms with Crippen LogP contribution in [-0.2, 0) is 0 Å². The Kier molecular flexibility index (Phi) is 4.59. The zero-order chi connectivity index (χ0) is 17.3. The zero-order valence-corrected chi connectivity index (χ0v) is 14.4. The number of carbonyl (C=O) groups is 1. The fourth-order valence-electron chi connectivity index (χ4n) is 2.21. The van der Waals surface area contributed by atoms with Crippen LogP contribution in [0.4, 0.5) is 9.52 Å². The Morgan fingerprint density at radius 2 is 2.12 bits per heavy atom. The van der Waals surface area contributed by atoms with Crippen LogP contribution in [-0.4, -0.2) is 48.1 Å². The number of likely N-dealkylation sites (N-methyl/N-ethyl adjacent to an activating group) is 1. The van der Waals surface area contributed by atoms with Gasteiger partial charge in [-0.1, -0.05) is 22.6 Å². The summed E-state index contributed by atoms with van der Waals surface area (Å²) in [6, 6.07) is 6.36. The van der Waals surface area contributed by atoms with Crippen molar-refractivity contribution in [3.8, 4) is 0 Å². The van der Waals surface area contributed by atoms with Crippen LogP contribution in [0.5, 0.6) is 0 Å². The lowest BCUT2D eigenvalue weighted by atomic mass is 10.3. The van der Waals surface area contributed by atoms with E-state index in [9.17, 15) is 9.18 Å². The van der Waals surface area contributed by atoms with E-state index in [0.29, 0.717) is 28.7 Å². The van der Waals surface area contributed by atoms with E-state index in [1.54, 1.807) is 25.1 Å². The highest BCUT2D eigenvalue weighted by Crippen LogP contribution is 2.31. The number of hydrogen-bond donors (Lipinski definition) is 0. The summed E-state index contributed by atoms with van der Waals surface area (Å²) in [5, 5.41) is 4.23. The summed E-state index contributed by atoms with van der Waals surface area (Å²) in [5.74, 6) is -0.151. The van der Waals surface area contributed by atoms with Gasteiger partial charge in [0.25, 0.3) is 5.91 Å². The molecule has 0 fully saturated rings. The molecular weight excluding hydrogens is 331 g/mol. The molecule has 0 unspecified atom stereocenters. The second-order valence-electron chi connectivity index (χ2n) is 5.67. The Bertz CT molecular complexity index is 874. The van der Waals surface area contributed by atoms with Crippen LogP contribution in [0.3, 0.4) is 0 Å². The predicted molar refractivity (Wildman–Crippen MR) is 91.0 cm³/mol. The molecule has 126 valence electrons. The van der Waals surface area contributed by atoms with Crippen molar-refractivity contribution < 1.29 is 13.7 Å². The molecular formula is C16H17FN4O2S. The van der Waals surface area contributed by atoms with Gasteiger partial charge in [-0.2, -0.15) is 0 Å². The second kappa shape index (κ2) is 6.66. The molecule has 8 heteroatoms. The van der Waals surface area contributed by atoms with E-state index in [4.69, 9.17) is 4.52 Å². The minimum atomic E-state index is -0.396. The summed E-state index contributed by atoms with van der Waals surface area (Å²) < 4.78 is 19.6. The number of thiazole rings is 1. The molecule has 1 amide bonds. The van der Waals surface area contributed by atoms with Gasteiger partial charge in [0.05, 0.1) is 4.70 Å². The molecule has 2 heterocycles. The molecule has 0 aliphatic carbocycles. The van der Waals surface area contributed by atoms with Gasteiger partial charge in [-0.25, -0.2) is 9.37 Å². The number of carbonyl (C=O) groups excluding carboxylic acids is 1. The Morgan fingerprint density at radius 3 is 2.75 bits per heavy atom. The van der Waals surface area contributed by atoms with E-state index < -0.39 is 5.82 Å². The van der Waals surface area contributed by atoms with Crippen molar-refractivity contribution in [2.24, 2.45) is 0 Å². The topological polar surface area (TPSA) is 62.5 Å². The number of aromatic nitrogens is 2. The van der Waals surface area contributed by atoms with Crippen molar-refractivity contribution in [2.45, 2.75) is 6.92 Å². The number of hydrogen-bond acceptors (Lipinski definition) is 6. The minimum absolute atomic E-state index is 0.214. The largest absolute Gasteiger partial charge is 0.361 e. The lowest BCUT2D eigenvalue weighted by molar-refractivity contribution is 0.0976. The molecule has 0 aliphatic rings. The van der Waals surface area contributed by atoms with Crippen LogP contribution in [0, 0.1) is 12.7 Å². The van der Waals surface area contributed by atoms with Crippen LogP contribution >= 0.6 is 11.3 Å². The van der Waals surface area contributed by atoms with Crippen molar-refractivity contribution in [1.82, 2.24) is 15.0 Å². The molecule has 0 bridgehead atoms. The highest BCUT2D eigenvalue weighted by atomic mass is 32.1. The normalized spacial score (nSPS) is 11.4. The van der Waals surface area contributed by atoms with Gasteiger partial charge in [0, 0.05) is 19.2 Å². The maximum absolute atomic E-state index is 13.9. The molecule has 0 atom stereocenters. The fraction of sp³-hybridized carbons (Fsp3) is 0.312. The second-order valence-corrected chi connectivity index (χ2v) is 6.67. The van der Waals surface area contributed by atoms with Gasteiger partial charge in [-0.15, -0.1) is 0 Å². The van der Waals surface area contributed by atoms with E-state index in [-0.39, 0.29) is 17.1 Å². The number of halogens is 1. The Hall–Kier alpha value is -2.32. The fourth-order valence-corrected chi connectivity index (χ4v) is 3.21. The SMILES string of the molecule is Cc1cc(C(=O)N(CCN(C)C)c2nc3c(F)cccc3s2)no1. The van der Waals surface area contributed by atoms with Crippen LogP contribution in [0.25, 0.3) is 10.2 Å². The van der Waals surface area contributed by atoms with Gasteiger partial charge in [0.1, 0.15) is 17.1 Å². The van der Waals surface area contributed by atoms with Crippen molar-refractivity contribution in [3.63, 3.8) is 0 Å². The quantitative estimate of drug-likeness (QED) is 0.709. The van der Waals surface area contributed by atoms with Crippen molar-refractivity contribution in [3.05, 3.63) is 41.5 Å². The van der Waals surface area contributed by atoms with Gasteiger partial charge in [-0.05, 0) is 33.2 Å². The standard InChI is InChI=1S/C16H17FN4O2S/c1-10-9-12(19-23-10)15(22)21(8-7-20(2)3)16-18-14-11(17)5-4-6-13(14)24-16/h4-6,9H,7-8H2,1-3H3. The Morgan fingerprint density at radius 1 is 1.33 bits per heavy atom. The number of benzene rings is 1. The molecule has 0 radical (unpaired) electrons. The van der Waals surface area contributed by atoms with Crippen LogP contribution in [0.15, 0.2) is 28.8 Å². The maximum atomic E-state index is 13.9. The van der Waals surface area contributed by atoms with Crippen LogP contribution in [0.2, 0.25) is 0 Å². The highest BCUT2D eigenvalue weighted by molar-refractivity contribution is 7.22. The molecule has 0 saturated heterocycles. The van der Waals surface area contributed by atoms with Crippen molar-refractivity contribution >= 4 is 32.6 Å². The molecule has 6 nitrogen and oxygen atoms in total. The summed E-state index contributed by atoms with van der Waals surface area (Å²) in [4.78, 5) is 20.6. The third-order valence-corrected chi connectivity index (χ3v) is 4.50. The number of rotatable bonds is 5. The molecule has 0 aliphatic heterocycles. The number of para-hydroxylation sites is 1. The monoisotopic (exact) mass is 348 g/mol. The first-order valence-corrected chi connectivity index (χ1v) is 8.22. The predicted octanol–water partition coefficient (Wildman–Crippen LogP) is 2.94. The molecule has 0 spiro atoms. The Labute approximate surface area is 142 Å². The van der Waals surface area contributed by atoms with E-state index in [1.807, 2.05) is 19.0 Å². The maximum Gasteiger partial charge on any atom is 0.282 e. The highest BCUT2D eigenvalue weighted by Gasteiger charge is 2.24. The molecule has 0 N–H and O–H groups in total. The van der Waals surface area contributed by atoms with Crippen molar-refractivity contribution in [2.75, 3.05) is 32.1 Å². The number of fused-ring (bicyclic) bond motifs is 1. The molecule has 1 aromatic carbocycles. The molecule has 2 aromatic heterocycles. The molecule has 3 rings (SSSR count). The summed E-state index contributed by atoms with van der Waals surface area (Å²) in [5.41, 5.74) is 0.488. The van der Waals surface area contributed by atoms with Crippen LogP contribution in [0.1, 0.15) is 16.2 Å². The summed E-state index contributed by atoms with van der Waals surface area (Å²) in [6.07, 6.45) is 0. The first-order chi connectivity index (χ1) is 11.5. The third kappa shape index (κ3) is 3.29. The first kappa shape index (κ1) is 16.5.